The fraction of sp³-hybridized carbons (Fsp3) is 0.400. The molecular weight excluding hydrogens is 477 g/mol. The maximum Gasteiger partial charge on any atom is 0.250 e. The van der Waals surface area contributed by atoms with Crippen LogP contribution in [0.15, 0.2) is 59.9 Å². The Labute approximate surface area is 220 Å². The minimum absolute atomic E-state index is 0.118. The number of rotatable bonds is 7. The van der Waals surface area contributed by atoms with Crippen molar-refractivity contribution in [1.29, 1.82) is 0 Å². The van der Waals surface area contributed by atoms with Crippen LogP contribution in [0.4, 0.5) is 0 Å². The van der Waals surface area contributed by atoms with Crippen LogP contribution in [0.1, 0.15) is 52.7 Å². The maximum absolute atomic E-state index is 7.67. The van der Waals surface area contributed by atoms with Gasteiger partial charge in [0.2, 0.25) is 16.6 Å². The molecule has 0 amide bonds. The molecule has 0 saturated carbocycles. The zero-order chi connectivity index (χ0) is 27.4. The average Bonchev–Trinajstić information content (AvgIpc) is 2.76. The molecule has 2 aromatic rings. The zero-order valence-corrected chi connectivity index (χ0v) is 25.5. The second-order valence-corrected chi connectivity index (χ2v) is 21.6. The summed E-state index contributed by atoms with van der Waals surface area (Å²) >= 11 is 0. The summed E-state index contributed by atoms with van der Waals surface area (Å²) in [6.07, 6.45) is 3.50. The first-order valence-corrected chi connectivity index (χ1v) is 18.1. The van der Waals surface area contributed by atoms with Crippen molar-refractivity contribution < 1.29 is 8.85 Å². The first-order valence-electron chi connectivity index (χ1n) is 12.3. The molecule has 2 rings (SSSR count). The van der Waals surface area contributed by atoms with E-state index in [9.17, 15) is 0 Å². The van der Waals surface area contributed by atoms with Gasteiger partial charge in [-0.05, 0) is 71.7 Å². The van der Waals surface area contributed by atoms with Crippen LogP contribution in [0.3, 0.4) is 0 Å². The van der Waals surface area contributed by atoms with E-state index in [1.165, 1.54) is 0 Å². The zero-order valence-electron chi connectivity index (χ0n) is 23.5. The topological polar surface area (TPSA) is 27.2 Å². The van der Waals surface area contributed by atoms with Crippen molar-refractivity contribution in [1.82, 2.24) is 0 Å². The standard InChI is InChI=1S/C30H40N2O2Si2/c1-29(2,3)35(9,10)33-25-17-13-23(14-18-25)21-27(31-7)28(32-8)22-24-15-19-26(20-16-24)34-36(11,12)30(4,5)6/h13-22H,1-6,9-12H3/b27-21-,28-22-. The van der Waals surface area contributed by atoms with Gasteiger partial charge in [0, 0.05) is 0 Å². The normalized spacial score (nSPS) is 13.6. The second-order valence-electron chi connectivity index (χ2n) is 12.1. The van der Waals surface area contributed by atoms with Crippen LogP contribution in [-0.4, -0.2) is 16.6 Å². The molecule has 0 aliphatic heterocycles. The minimum atomic E-state index is -1.92. The van der Waals surface area contributed by atoms with Gasteiger partial charge in [-0.15, -0.1) is 0 Å². The molecule has 4 nitrogen and oxygen atoms in total. The Bertz CT molecular complexity index is 1100. The Kier molecular flexibility index (Phi) is 8.84. The van der Waals surface area contributed by atoms with Crippen molar-refractivity contribution >= 4 is 28.8 Å². The molecule has 6 heteroatoms. The van der Waals surface area contributed by atoms with E-state index >= 15 is 0 Å². The Morgan fingerprint density at radius 1 is 0.611 bits per heavy atom. The smallest absolute Gasteiger partial charge is 0.250 e. The number of nitrogens with zero attached hydrogens (tertiary/aromatic N) is 2. The van der Waals surface area contributed by atoms with Gasteiger partial charge in [-0.2, -0.15) is 0 Å². The minimum Gasteiger partial charge on any atom is -0.544 e. The van der Waals surface area contributed by atoms with Crippen molar-refractivity contribution in [3.05, 3.63) is 93.9 Å². The van der Waals surface area contributed by atoms with Gasteiger partial charge >= 0.3 is 0 Å². The van der Waals surface area contributed by atoms with Crippen molar-refractivity contribution in [2.24, 2.45) is 0 Å². The van der Waals surface area contributed by atoms with Crippen LogP contribution in [-0.2, 0) is 0 Å². The van der Waals surface area contributed by atoms with Crippen molar-refractivity contribution in [3.63, 3.8) is 0 Å². The fourth-order valence-corrected chi connectivity index (χ4v) is 4.87. The number of benzene rings is 2. The van der Waals surface area contributed by atoms with Crippen LogP contribution in [0.25, 0.3) is 21.8 Å². The molecule has 0 saturated heterocycles. The third kappa shape index (κ3) is 7.47. The van der Waals surface area contributed by atoms with Crippen LogP contribution in [0, 0.1) is 13.1 Å². The highest BCUT2D eigenvalue weighted by Gasteiger charge is 2.39. The van der Waals surface area contributed by atoms with Gasteiger partial charge in [0.05, 0.1) is 13.1 Å². The molecule has 0 bridgehead atoms. The van der Waals surface area contributed by atoms with Gasteiger partial charge in [-0.1, -0.05) is 78.0 Å². The van der Waals surface area contributed by atoms with Gasteiger partial charge in [0.1, 0.15) is 11.5 Å². The lowest BCUT2D eigenvalue weighted by atomic mass is 10.1. The Balaban J connectivity index is 2.24. The van der Waals surface area contributed by atoms with Crippen molar-refractivity contribution in [2.75, 3.05) is 0 Å². The maximum atomic E-state index is 7.67. The summed E-state index contributed by atoms with van der Waals surface area (Å²) in [6.45, 7) is 37.5. The molecule has 0 atom stereocenters. The van der Waals surface area contributed by atoms with Gasteiger partial charge in [0.25, 0.3) is 0 Å². The molecule has 0 unspecified atom stereocenters. The molecule has 190 valence electrons. The molecule has 36 heavy (non-hydrogen) atoms. The van der Waals surface area contributed by atoms with Gasteiger partial charge < -0.3 is 8.85 Å². The monoisotopic (exact) mass is 516 g/mol. The van der Waals surface area contributed by atoms with E-state index in [1.54, 1.807) is 12.2 Å². The second kappa shape index (κ2) is 10.9. The van der Waals surface area contributed by atoms with Crippen LogP contribution in [0.5, 0.6) is 11.5 Å². The third-order valence-electron chi connectivity index (χ3n) is 7.23. The predicted octanol–water partition coefficient (Wildman–Crippen LogP) is 9.68. The summed E-state index contributed by atoms with van der Waals surface area (Å²) in [5.74, 6) is 1.67. The summed E-state index contributed by atoms with van der Waals surface area (Å²) in [6, 6.07) is 15.5. The molecule has 0 heterocycles. The Morgan fingerprint density at radius 3 is 1.11 bits per heavy atom. The van der Waals surface area contributed by atoms with Crippen molar-refractivity contribution in [3.8, 4) is 11.5 Å². The van der Waals surface area contributed by atoms with E-state index < -0.39 is 16.6 Å². The third-order valence-corrected chi connectivity index (χ3v) is 15.9. The predicted molar refractivity (Wildman–Crippen MR) is 158 cm³/mol. The largest absolute Gasteiger partial charge is 0.544 e. The quantitative estimate of drug-likeness (QED) is 0.208. The molecule has 0 aromatic heterocycles. The lowest BCUT2D eigenvalue weighted by Gasteiger charge is -2.36. The molecule has 0 radical (unpaired) electrons. The first-order chi connectivity index (χ1) is 16.5. The Morgan fingerprint density at radius 2 is 0.889 bits per heavy atom. The van der Waals surface area contributed by atoms with Gasteiger partial charge in [0.15, 0.2) is 11.4 Å². The lowest BCUT2D eigenvalue weighted by Crippen LogP contribution is -2.43. The van der Waals surface area contributed by atoms with Crippen LogP contribution in [0.2, 0.25) is 36.3 Å². The molecular formula is C30H40N2O2Si2. The summed E-state index contributed by atoms with van der Waals surface area (Å²) < 4.78 is 12.7. The van der Waals surface area contributed by atoms with Crippen LogP contribution >= 0.6 is 0 Å². The van der Waals surface area contributed by atoms with Gasteiger partial charge in [-0.25, -0.2) is 0 Å². The highest BCUT2D eigenvalue weighted by molar-refractivity contribution is 6.75. The summed E-state index contributed by atoms with van der Waals surface area (Å²) in [5, 5.41) is 0.237. The van der Waals surface area contributed by atoms with E-state index in [0.717, 1.165) is 22.6 Å². The average molecular weight is 517 g/mol. The highest BCUT2D eigenvalue weighted by atomic mass is 28.4. The fourth-order valence-electron chi connectivity index (χ4n) is 2.80. The molecule has 2 aromatic carbocycles. The molecule has 0 spiro atoms. The Hall–Kier alpha value is -3.07. The SMILES string of the molecule is [C-]#[N+]C(=C\c1ccc(O[Si](C)(C)C(C)(C)C)cc1)/C(=C/c1ccc(O[Si](C)(C)C(C)(C)C)cc1)[N+]#[C-]. The molecule has 0 N–H and O–H groups in total. The van der Waals surface area contributed by atoms with Crippen molar-refractivity contribution in [2.45, 2.75) is 77.8 Å². The van der Waals surface area contributed by atoms with E-state index in [2.05, 4.69) is 77.4 Å². The number of hydrogen-bond acceptors (Lipinski definition) is 2. The molecule has 0 fully saturated rings. The lowest BCUT2D eigenvalue weighted by molar-refractivity contribution is 0.492. The highest BCUT2D eigenvalue weighted by Crippen LogP contribution is 2.38. The summed E-state index contributed by atoms with van der Waals surface area (Å²) in [4.78, 5) is 7.29. The van der Waals surface area contributed by atoms with E-state index in [1.807, 2.05) is 48.5 Å². The van der Waals surface area contributed by atoms with Gasteiger partial charge in [-0.3, -0.25) is 9.69 Å². The van der Waals surface area contributed by atoms with E-state index in [4.69, 9.17) is 22.0 Å². The summed E-state index contributed by atoms with van der Waals surface area (Å²) in [7, 11) is -3.83. The van der Waals surface area contributed by atoms with E-state index in [-0.39, 0.29) is 10.1 Å². The first kappa shape index (κ1) is 29.2. The van der Waals surface area contributed by atoms with E-state index in [0.29, 0.717) is 11.4 Å². The molecule has 0 aliphatic carbocycles. The molecule has 0 aliphatic rings. The van der Waals surface area contributed by atoms with Crippen LogP contribution < -0.4 is 8.85 Å². The number of hydrogen-bond donors (Lipinski definition) is 0. The summed E-state index contributed by atoms with van der Waals surface area (Å²) in [5.41, 5.74) is 2.34.